The van der Waals surface area contributed by atoms with Crippen LogP contribution in [0, 0.1) is 5.92 Å². The molecule has 17 heavy (non-hydrogen) atoms. The van der Waals surface area contributed by atoms with Crippen molar-refractivity contribution >= 4 is 5.97 Å². The highest BCUT2D eigenvalue weighted by atomic mass is 16.7. The highest BCUT2D eigenvalue weighted by molar-refractivity contribution is 5.72. The topological polar surface area (TPSA) is 39.4 Å². The van der Waals surface area contributed by atoms with Gasteiger partial charge in [0, 0.05) is 16.9 Å². The average molecular weight is 236 g/mol. The first-order chi connectivity index (χ1) is 8.29. The number of hydrogen-bond acceptors (Lipinski definition) is 3. The Hall–Kier alpha value is -1.58. The summed E-state index contributed by atoms with van der Waals surface area (Å²) in [6, 6.07) is 3.52. The summed E-state index contributed by atoms with van der Waals surface area (Å²) in [7, 11) is 1.60. The summed E-state index contributed by atoms with van der Waals surface area (Å²) in [4.78, 5) is 17.1. The molecule has 0 amide bonds. The van der Waals surface area contributed by atoms with Crippen molar-refractivity contribution in [2.24, 2.45) is 5.92 Å². The summed E-state index contributed by atoms with van der Waals surface area (Å²) in [6.45, 7) is 0. The Morgan fingerprint density at radius 2 is 1.88 bits per heavy atom. The van der Waals surface area contributed by atoms with Crippen LogP contribution in [0.3, 0.4) is 0 Å². The van der Waals surface area contributed by atoms with Crippen LogP contribution >= 0.6 is 0 Å². The quantitative estimate of drug-likeness (QED) is 0.747. The molecule has 0 radical (unpaired) electrons. The van der Waals surface area contributed by atoms with E-state index in [4.69, 9.17) is 9.57 Å². The molecule has 92 valence electrons. The van der Waals surface area contributed by atoms with Gasteiger partial charge in [-0.25, -0.2) is 4.79 Å². The van der Waals surface area contributed by atoms with E-state index in [9.17, 15) is 4.79 Å². The number of aromatic nitrogens is 1. The maximum absolute atomic E-state index is 11.8. The second-order valence-electron chi connectivity index (χ2n) is 4.34. The Morgan fingerprint density at radius 1 is 1.24 bits per heavy atom. The number of rotatable bonds is 3. The van der Waals surface area contributed by atoms with Gasteiger partial charge in [-0.05, 0) is 12.8 Å². The van der Waals surface area contributed by atoms with Crippen LogP contribution in [0.1, 0.15) is 32.1 Å². The maximum atomic E-state index is 11.8. The summed E-state index contributed by atoms with van der Waals surface area (Å²) in [5.41, 5.74) is 0. The average Bonchev–Trinajstić information content (AvgIpc) is 2.40. The van der Waals surface area contributed by atoms with Crippen LogP contribution in [0.25, 0.3) is 0 Å². The van der Waals surface area contributed by atoms with Crippen LogP contribution in [0.2, 0.25) is 0 Å². The molecule has 0 atom stereocenters. The van der Waals surface area contributed by atoms with E-state index < -0.39 is 0 Å². The Kier molecular flexibility index (Phi) is 3.96. The third kappa shape index (κ3) is 3.19. The second kappa shape index (κ2) is 5.66. The van der Waals surface area contributed by atoms with Crippen LogP contribution in [0.5, 0.6) is 5.75 Å². The minimum Gasteiger partial charge on any atom is -0.496 e. The molecule has 1 heterocycles. The van der Waals surface area contributed by atoms with Gasteiger partial charge in [-0.3, -0.25) is 0 Å². The zero-order valence-corrected chi connectivity index (χ0v) is 10.1. The highest BCUT2D eigenvalue weighted by Crippen LogP contribution is 2.23. The van der Waals surface area contributed by atoms with Crippen molar-refractivity contribution in [2.45, 2.75) is 32.1 Å². The summed E-state index contributed by atoms with van der Waals surface area (Å²) < 4.78 is 6.47. The van der Waals surface area contributed by atoms with Gasteiger partial charge in [-0.15, -0.1) is 0 Å². The van der Waals surface area contributed by atoms with Crippen molar-refractivity contribution in [1.29, 1.82) is 0 Å². The van der Waals surface area contributed by atoms with E-state index in [0.29, 0.717) is 0 Å². The van der Waals surface area contributed by atoms with E-state index >= 15 is 0 Å². The summed E-state index contributed by atoms with van der Waals surface area (Å²) in [5.74, 6) is 0.688. The van der Waals surface area contributed by atoms with Crippen LogP contribution in [0.4, 0.5) is 0 Å². The molecule has 0 aliphatic heterocycles. The predicted octanol–water partition coefficient (Wildman–Crippen LogP) is 1.52. The molecule has 1 aromatic rings. The molecule has 1 aliphatic rings. The normalized spacial score (nSPS) is 16.5. The van der Waals surface area contributed by atoms with E-state index in [1.807, 2.05) is 0 Å². The lowest BCUT2D eigenvalue weighted by molar-refractivity contribution is -0.870. The van der Waals surface area contributed by atoms with Gasteiger partial charge in [-0.2, -0.15) is 4.84 Å². The van der Waals surface area contributed by atoms with Crippen molar-refractivity contribution < 1.29 is 19.1 Å². The number of pyridine rings is 1. The maximum Gasteiger partial charge on any atom is 0.383 e. The molecule has 1 aliphatic carbocycles. The van der Waals surface area contributed by atoms with E-state index in [0.717, 1.165) is 31.4 Å². The van der Waals surface area contributed by atoms with E-state index in [1.165, 1.54) is 11.2 Å². The smallest absolute Gasteiger partial charge is 0.383 e. The van der Waals surface area contributed by atoms with Gasteiger partial charge in [0.05, 0.1) is 13.0 Å². The van der Waals surface area contributed by atoms with Crippen LogP contribution in [0.15, 0.2) is 24.5 Å². The van der Waals surface area contributed by atoms with Crippen molar-refractivity contribution in [2.75, 3.05) is 7.11 Å². The van der Waals surface area contributed by atoms with Crippen molar-refractivity contribution in [1.82, 2.24) is 0 Å². The standard InChI is InChI=1S/C13H18NO3/c1-16-12-7-9-14(10-8-12)17-13(15)11-5-3-2-4-6-11/h7-11H,2-6H2,1H3/q+1. The number of ether oxygens (including phenoxy) is 1. The second-order valence-corrected chi connectivity index (χ2v) is 4.34. The lowest BCUT2D eigenvalue weighted by Crippen LogP contribution is -2.47. The fourth-order valence-corrected chi connectivity index (χ4v) is 2.11. The van der Waals surface area contributed by atoms with Crippen molar-refractivity contribution in [3.63, 3.8) is 0 Å². The van der Waals surface area contributed by atoms with Gasteiger partial charge in [0.15, 0.2) is 0 Å². The Labute approximate surface area is 101 Å². The molecule has 0 aromatic carbocycles. The van der Waals surface area contributed by atoms with Crippen molar-refractivity contribution in [3.05, 3.63) is 24.5 Å². The number of hydrogen-bond donors (Lipinski definition) is 0. The molecule has 0 unspecified atom stereocenters. The van der Waals surface area contributed by atoms with Gasteiger partial charge < -0.3 is 4.74 Å². The zero-order valence-electron chi connectivity index (χ0n) is 10.1. The van der Waals surface area contributed by atoms with Gasteiger partial charge in [0.25, 0.3) is 0 Å². The summed E-state index contributed by atoms with van der Waals surface area (Å²) in [5, 5.41) is 0. The van der Waals surface area contributed by atoms with Crippen LogP contribution in [-0.2, 0) is 4.79 Å². The van der Waals surface area contributed by atoms with E-state index in [1.54, 1.807) is 31.6 Å². The molecular weight excluding hydrogens is 218 g/mol. The molecule has 1 aromatic heterocycles. The fourth-order valence-electron chi connectivity index (χ4n) is 2.11. The first-order valence-electron chi connectivity index (χ1n) is 6.07. The minimum atomic E-state index is -0.125. The molecular formula is C13H18NO3+. The molecule has 2 rings (SSSR count). The van der Waals surface area contributed by atoms with E-state index in [-0.39, 0.29) is 11.9 Å². The molecule has 4 nitrogen and oxygen atoms in total. The van der Waals surface area contributed by atoms with Gasteiger partial charge in [-0.1, -0.05) is 19.3 Å². The zero-order chi connectivity index (χ0) is 12.1. The lowest BCUT2D eigenvalue weighted by Gasteiger charge is -2.17. The highest BCUT2D eigenvalue weighted by Gasteiger charge is 2.26. The Bertz CT molecular complexity index is 369. The Balaban J connectivity index is 1.92. The fraction of sp³-hybridized carbons (Fsp3) is 0.538. The number of nitrogens with zero attached hydrogens (tertiary/aromatic N) is 1. The third-order valence-corrected chi connectivity index (χ3v) is 3.14. The lowest BCUT2D eigenvalue weighted by atomic mass is 9.89. The SMILES string of the molecule is COc1cc[n+](OC(=O)C2CCCCC2)cc1. The Morgan fingerprint density at radius 3 is 2.47 bits per heavy atom. The molecule has 4 heteroatoms. The first-order valence-corrected chi connectivity index (χ1v) is 6.07. The number of carbonyl (C=O) groups is 1. The van der Waals surface area contributed by atoms with Gasteiger partial charge >= 0.3 is 5.97 Å². The molecule has 0 saturated heterocycles. The molecule has 1 saturated carbocycles. The predicted molar refractivity (Wildman–Crippen MR) is 61.4 cm³/mol. The molecule has 0 spiro atoms. The third-order valence-electron chi connectivity index (χ3n) is 3.14. The van der Waals surface area contributed by atoms with Crippen LogP contribution in [-0.4, -0.2) is 13.1 Å². The molecule has 0 bridgehead atoms. The largest absolute Gasteiger partial charge is 0.496 e. The number of carbonyl (C=O) groups excluding carboxylic acids is 1. The number of methoxy groups -OCH3 is 1. The van der Waals surface area contributed by atoms with Crippen LogP contribution < -0.4 is 14.3 Å². The molecule has 0 N–H and O–H groups in total. The van der Waals surface area contributed by atoms with E-state index in [2.05, 4.69) is 0 Å². The minimum absolute atomic E-state index is 0.0679. The van der Waals surface area contributed by atoms with Crippen molar-refractivity contribution in [3.8, 4) is 5.75 Å². The monoisotopic (exact) mass is 236 g/mol. The summed E-state index contributed by atoms with van der Waals surface area (Å²) >= 11 is 0. The first kappa shape index (κ1) is 11.9. The molecule has 1 fully saturated rings. The summed E-state index contributed by atoms with van der Waals surface area (Å²) in [6.07, 6.45) is 8.77. The van der Waals surface area contributed by atoms with Gasteiger partial charge in [0.2, 0.25) is 12.4 Å². The van der Waals surface area contributed by atoms with Gasteiger partial charge in [0.1, 0.15) is 5.75 Å².